The van der Waals surface area contributed by atoms with Gasteiger partial charge in [0.2, 0.25) is 5.91 Å². The molecule has 1 atom stereocenters. The number of hydrogen-bond acceptors (Lipinski definition) is 4. The molecule has 0 spiro atoms. The van der Waals surface area contributed by atoms with Crippen molar-refractivity contribution < 1.29 is 4.79 Å². The predicted octanol–water partition coefficient (Wildman–Crippen LogP) is 1.16. The van der Waals surface area contributed by atoms with Gasteiger partial charge in [-0.1, -0.05) is 27.7 Å². The molecule has 3 N–H and O–H groups in total. The Balaban J connectivity index is 1.93. The van der Waals surface area contributed by atoms with E-state index in [2.05, 4.69) is 53.4 Å². The lowest BCUT2D eigenvalue weighted by Crippen LogP contribution is -2.25. The van der Waals surface area contributed by atoms with Crippen LogP contribution in [0.5, 0.6) is 0 Å². The molecule has 0 aliphatic rings. The summed E-state index contributed by atoms with van der Waals surface area (Å²) in [6, 6.07) is 1.82. The van der Waals surface area contributed by atoms with Crippen LogP contribution in [-0.4, -0.2) is 30.9 Å². The highest BCUT2D eigenvalue weighted by atomic mass is 16.2. The standard InChI is InChI=1S/C14H22N6O2/c1-9(14(2,3)4)5-10-6-11(18-17-10)16-12(21)7-20-8-15-19-13(20)22/h6,8-9H,5,7H2,1-4H3,(H,19,22)(H2,16,17,18,21). The van der Waals surface area contributed by atoms with Crippen molar-refractivity contribution in [1.29, 1.82) is 0 Å². The largest absolute Gasteiger partial charge is 0.343 e. The highest BCUT2D eigenvalue weighted by Crippen LogP contribution is 2.28. The smallest absolute Gasteiger partial charge is 0.308 e. The Bertz CT molecular complexity index is 690. The van der Waals surface area contributed by atoms with Crippen LogP contribution in [0.2, 0.25) is 0 Å². The molecule has 0 fully saturated rings. The normalized spacial score (nSPS) is 13.1. The number of aromatic nitrogens is 5. The Morgan fingerprint density at radius 1 is 1.41 bits per heavy atom. The molecule has 2 heterocycles. The first-order chi connectivity index (χ1) is 10.3. The average Bonchev–Trinajstić information content (AvgIpc) is 2.99. The first-order valence-corrected chi connectivity index (χ1v) is 7.19. The van der Waals surface area contributed by atoms with Crippen molar-refractivity contribution in [2.75, 3.05) is 5.32 Å². The molecule has 8 heteroatoms. The molecule has 0 radical (unpaired) electrons. The van der Waals surface area contributed by atoms with Crippen molar-refractivity contribution >= 4 is 11.7 Å². The minimum absolute atomic E-state index is 0.101. The van der Waals surface area contributed by atoms with E-state index in [4.69, 9.17) is 0 Å². The van der Waals surface area contributed by atoms with Crippen molar-refractivity contribution in [2.45, 2.75) is 40.7 Å². The van der Waals surface area contributed by atoms with Gasteiger partial charge in [-0.15, -0.1) is 0 Å². The number of hydrogen-bond donors (Lipinski definition) is 3. The highest BCUT2D eigenvalue weighted by molar-refractivity contribution is 5.89. The van der Waals surface area contributed by atoms with Gasteiger partial charge >= 0.3 is 5.69 Å². The monoisotopic (exact) mass is 306 g/mol. The summed E-state index contributed by atoms with van der Waals surface area (Å²) in [6.45, 7) is 8.67. The van der Waals surface area contributed by atoms with Crippen LogP contribution >= 0.6 is 0 Å². The zero-order valence-electron chi connectivity index (χ0n) is 13.3. The van der Waals surface area contributed by atoms with Gasteiger partial charge in [-0.3, -0.25) is 14.5 Å². The summed E-state index contributed by atoms with van der Waals surface area (Å²) in [4.78, 5) is 23.1. The van der Waals surface area contributed by atoms with Gasteiger partial charge < -0.3 is 5.32 Å². The average molecular weight is 306 g/mol. The lowest BCUT2D eigenvalue weighted by molar-refractivity contribution is -0.116. The first-order valence-electron chi connectivity index (χ1n) is 7.19. The third-order valence-electron chi connectivity index (χ3n) is 3.84. The highest BCUT2D eigenvalue weighted by Gasteiger charge is 2.21. The number of nitrogens with one attached hydrogen (secondary N) is 3. The molecule has 2 aromatic rings. The predicted molar refractivity (Wildman–Crippen MR) is 82.4 cm³/mol. The molecule has 22 heavy (non-hydrogen) atoms. The maximum atomic E-state index is 11.9. The van der Waals surface area contributed by atoms with Gasteiger partial charge in [-0.2, -0.15) is 10.2 Å². The Kier molecular flexibility index (Phi) is 4.48. The van der Waals surface area contributed by atoms with Gasteiger partial charge in [0.25, 0.3) is 0 Å². The van der Waals surface area contributed by atoms with Gasteiger partial charge in [-0.05, 0) is 17.8 Å². The molecule has 1 amide bonds. The van der Waals surface area contributed by atoms with Crippen molar-refractivity contribution in [2.24, 2.45) is 11.3 Å². The van der Waals surface area contributed by atoms with Crippen LogP contribution in [0.1, 0.15) is 33.4 Å². The van der Waals surface area contributed by atoms with Crippen LogP contribution in [0.25, 0.3) is 0 Å². The molecule has 0 saturated carbocycles. The molecule has 0 bridgehead atoms. The summed E-state index contributed by atoms with van der Waals surface area (Å²) in [5.41, 5.74) is 0.756. The van der Waals surface area contributed by atoms with Gasteiger partial charge in [0.15, 0.2) is 5.82 Å². The van der Waals surface area contributed by atoms with E-state index in [0.717, 1.165) is 12.1 Å². The van der Waals surface area contributed by atoms with Gasteiger partial charge in [-0.25, -0.2) is 9.89 Å². The van der Waals surface area contributed by atoms with Crippen LogP contribution in [0, 0.1) is 11.3 Å². The second kappa shape index (κ2) is 6.17. The fourth-order valence-electron chi connectivity index (χ4n) is 1.89. The Hall–Kier alpha value is -2.38. The van der Waals surface area contributed by atoms with Crippen LogP contribution in [0.15, 0.2) is 17.2 Å². The minimum Gasteiger partial charge on any atom is -0.308 e. The zero-order chi connectivity index (χ0) is 16.3. The summed E-state index contributed by atoms with van der Waals surface area (Å²) in [7, 11) is 0. The second-order valence-corrected chi connectivity index (χ2v) is 6.59. The third-order valence-corrected chi connectivity index (χ3v) is 3.84. The fourth-order valence-corrected chi connectivity index (χ4v) is 1.89. The van der Waals surface area contributed by atoms with E-state index in [9.17, 15) is 9.59 Å². The zero-order valence-corrected chi connectivity index (χ0v) is 13.3. The van der Waals surface area contributed by atoms with E-state index >= 15 is 0 Å². The summed E-state index contributed by atoms with van der Waals surface area (Å²) < 4.78 is 1.19. The number of carbonyl (C=O) groups excluding carboxylic acids is 1. The van der Waals surface area contributed by atoms with Crippen LogP contribution < -0.4 is 11.0 Å². The maximum absolute atomic E-state index is 11.9. The van der Waals surface area contributed by atoms with Crippen molar-refractivity contribution in [3.63, 3.8) is 0 Å². The molecular formula is C14H22N6O2. The minimum atomic E-state index is -0.420. The Morgan fingerprint density at radius 3 is 2.73 bits per heavy atom. The van der Waals surface area contributed by atoms with E-state index in [-0.39, 0.29) is 17.9 Å². The molecule has 0 aliphatic heterocycles. The maximum Gasteiger partial charge on any atom is 0.343 e. The molecule has 0 aliphatic carbocycles. The molecule has 0 aromatic carbocycles. The summed E-state index contributed by atoms with van der Waals surface area (Å²) in [5.74, 6) is 0.601. The number of nitrogens with zero attached hydrogens (tertiary/aromatic N) is 3. The van der Waals surface area contributed by atoms with Gasteiger partial charge in [0.1, 0.15) is 12.9 Å². The van der Waals surface area contributed by atoms with Crippen LogP contribution in [0.3, 0.4) is 0 Å². The lowest BCUT2D eigenvalue weighted by Gasteiger charge is -2.26. The first kappa shape index (κ1) is 16.0. The number of aromatic amines is 2. The Labute approximate surface area is 128 Å². The van der Waals surface area contributed by atoms with E-state index in [1.54, 1.807) is 0 Å². The quantitative estimate of drug-likeness (QED) is 0.770. The Morgan fingerprint density at radius 2 is 2.14 bits per heavy atom. The van der Waals surface area contributed by atoms with Gasteiger partial charge in [0.05, 0.1) is 0 Å². The number of amides is 1. The van der Waals surface area contributed by atoms with Crippen LogP contribution in [0.4, 0.5) is 5.82 Å². The number of rotatable bonds is 5. The summed E-state index contributed by atoms with van der Waals surface area (Å²) in [6.07, 6.45) is 2.14. The fraction of sp³-hybridized carbons (Fsp3) is 0.571. The number of carbonyl (C=O) groups is 1. The van der Waals surface area contributed by atoms with E-state index < -0.39 is 5.69 Å². The summed E-state index contributed by atoms with van der Waals surface area (Å²) in [5, 5.41) is 15.5. The van der Waals surface area contributed by atoms with E-state index in [0.29, 0.717) is 11.7 Å². The van der Waals surface area contributed by atoms with Crippen molar-refractivity contribution in [3.05, 3.63) is 28.6 Å². The molecule has 0 saturated heterocycles. The molecule has 120 valence electrons. The van der Waals surface area contributed by atoms with Crippen LogP contribution in [-0.2, 0) is 17.8 Å². The van der Waals surface area contributed by atoms with Gasteiger partial charge in [0, 0.05) is 11.8 Å². The van der Waals surface area contributed by atoms with E-state index in [1.165, 1.54) is 10.9 Å². The molecule has 1 unspecified atom stereocenters. The second-order valence-electron chi connectivity index (χ2n) is 6.59. The SMILES string of the molecule is CC(Cc1cc(NC(=O)Cn2cn[nH]c2=O)n[nH]1)C(C)(C)C. The lowest BCUT2D eigenvalue weighted by atomic mass is 9.79. The summed E-state index contributed by atoms with van der Waals surface area (Å²) >= 11 is 0. The van der Waals surface area contributed by atoms with Crippen molar-refractivity contribution in [3.8, 4) is 0 Å². The molecule has 2 aromatic heterocycles. The third kappa shape index (κ3) is 4.06. The molecular weight excluding hydrogens is 284 g/mol. The van der Waals surface area contributed by atoms with Crippen molar-refractivity contribution in [1.82, 2.24) is 25.0 Å². The molecule has 8 nitrogen and oxygen atoms in total. The number of anilines is 1. The topological polar surface area (TPSA) is 108 Å². The molecule has 2 rings (SSSR count). The number of H-pyrrole nitrogens is 2. The van der Waals surface area contributed by atoms with E-state index in [1.807, 2.05) is 6.07 Å².